The molecule has 0 aliphatic heterocycles. The molecule has 0 atom stereocenters. The molecule has 22 heavy (non-hydrogen) atoms. The van der Waals surface area contributed by atoms with Crippen molar-refractivity contribution in [1.82, 2.24) is 0 Å². The van der Waals surface area contributed by atoms with Gasteiger partial charge in [0.15, 0.2) is 0 Å². The van der Waals surface area contributed by atoms with Gasteiger partial charge in [0.05, 0.1) is 17.9 Å². The third kappa shape index (κ3) is 3.86. The smallest absolute Gasteiger partial charge is 0.255 e. The molecule has 0 spiro atoms. The lowest BCUT2D eigenvalue weighted by Crippen LogP contribution is -2.23. The van der Waals surface area contributed by atoms with Gasteiger partial charge in [-0.1, -0.05) is 6.07 Å². The van der Waals surface area contributed by atoms with Crippen LogP contribution >= 0.6 is 0 Å². The maximum absolute atomic E-state index is 13.3. The van der Waals surface area contributed by atoms with E-state index >= 15 is 0 Å². The van der Waals surface area contributed by atoms with Crippen LogP contribution in [-0.4, -0.2) is 18.4 Å². The summed E-state index contributed by atoms with van der Waals surface area (Å²) in [5, 5.41) is 4.86. The number of carbonyl (C=O) groups is 2. The van der Waals surface area contributed by atoms with E-state index in [0.29, 0.717) is 0 Å². The summed E-state index contributed by atoms with van der Waals surface area (Å²) in [4.78, 5) is 23.4. The zero-order valence-electron chi connectivity index (χ0n) is 11.4. The van der Waals surface area contributed by atoms with E-state index in [-0.39, 0.29) is 23.5 Å². The molecule has 4 N–H and O–H groups in total. The van der Waals surface area contributed by atoms with Crippen molar-refractivity contribution in [2.24, 2.45) is 5.73 Å². The van der Waals surface area contributed by atoms with Gasteiger partial charge >= 0.3 is 0 Å². The van der Waals surface area contributed by atoms with Gasteiger partial charge < -0.3 is 16.4 Å². The van der Waals surface area contributed by atoms with Gasteiger partial charge in [-0.3, -0.25) is 9.59 Å². The summed E-state index contributed by atoms with van der Waals surface area (Å²) in [6.45, 7) is -0.284. The van der Waals surface area contributed by atoms with Gasteiger partial charge in [0.1, 0.15) is 11.6 Å². The predicted molar refractivity (Wildman–Crippen MR) is 78.4 cm³/mol. The molecule has 0 saturated carbocycles. The van der Waals surface area contributed by atoms with Crippen molar-refractivity contribution in [1.29, 1.82) is 0 Å². The highest BCUT2D eigenvalue weighted by atomic mass is 19.1. The van der Waals surface area contributed by atoms with E-state index < -0.39 is 23.4 Å². The first-order chi connectivity index (χ1) is 10.5. The standard InChI is InChI=1S/C15H13F2N3O2/c16-10-3-1-2-9(6-10)15(22)20-12-5-4-11(17)7-13(12)19-14(21)8-18/h1-7H,8,18H2,(H,19,21)(H,20,22). The molecule has 2 aromatic rings. The lowest BCUT2D eigenvalue weighted by molar-refractivity contribution is -0.114. The lowest BCUT2D eigenvalue weighted by Gasteiger charge is -2.12. The Bertz CT molecular complexity index is 720. The van der Waals surface area contributed by atoms with E-state index in [9.17, 15) is 18.4 Å². The maximum Gasteiger partial charge on any atom is 0.255 e. The first-order valence-corrected chi connectivity index (χ1v) is 6.36. The van der Waals surface area contributed by atoms with Crippen LogP contribution in [0.4, 0.5) is 20.2 Å². The van der Waals surface area contributed by atoms with E-state index in [0.717, 1.165) is 18.2 Å². The number of rotatable bonds is 4. The minimum atomic E-state index is -0.589. The summed E-state index contributed by atoms with van der Waals surface area (Å²) in [5.74, 6) is -2.26. The Labute approximate surface area is 125 Å². The van der Waals surface area contributed by atoms with E-state index in [1.165, 1.54) is 24.3 Å². The van der Waals surface area contributed by atoms with Gasteiger partial charge in [0.25, 0.3) is 5.91 Å². The zero-order chi connectivity index (χ0) is 16.1. The van der Waals surface area contributed by atoms with Gasteiger partial charge in [-0.25, -0.2) is 8.78 Å². The molecule has 114 valence electrons. The van der Waals surface area contributed by atoms with Crippen LogP contribution in [0.25, 0.3) is 0 Å². The molecule has 0 aromatic heterocycles. The number of hydrogen-bond acceptors (Lipinski definition) is 3. The fourth-order valence-electron chi connectivity index (χ4n) is 1.75. The molecule has 0 aliphatic rings. The van der Waals surface area contributed by atoms with Crippen LogP contribution in [0.15, 0.2) is 42.5 Å². The predicted octanol–water partition coefficient (Wildman–Crippen LogP) is 2.11. The van der Waals surface area contributed by atoms with Crippen LogP contribution in [0, 0.1) is 11.6 Å². The Morgan fingerprint density at radius 2 is 1.68 bits per heavy atom. The molecule has 5 nitrogen and oxygen atoms in total. The molecule has 0 unspecified atom stereocenters. The zero-order valence-corrected chi connectivity index (χ0v) is 11.4. The molecule has 0 bridgehead atoms. The molecule has 0 heterocycles. The molecule has 7 heteroatoms. The number of amides is 2. The second-order valence-electron chi connectivity index (χ2n) is 4.41. The summed E-state index contributed by atoms with van der Waals surface area (Å²) < 4.78 is 26.4. The van der Waals surface area contributed by atoms with E-state index in [2.05, 4.69) is 10.6 Å². The summed E-state index contributed by atoms with van der Waals surface area (Å²) in [5.41, 5.74) is 5.53. The van der Waals surface area contributed by atoms with Crippen molar-refractivity contribution >= 4 is 23.2 Å². The SMILES string of the molecule is NCC(=O)Nc1cc(F)ccc1NC(=O)c1cccc(F)c1. The van der Waals surface area contributed by atoms with Crippen molar-refractivity contribution < 1.29 is 18.4 Å². The van der Waals surface area contributed by atoms with Crippen molar-refractivity contribution in [3.63, 3.8) is 0 Å². The van der Waals surface area contributed by atoms with Crippen LogP contribution in [0.5, 0.6) is 0 Å². The third-order valence-electron chi connectivity index (χ3n) is 2.78. The largest absolute Gasteiger partial charge is 0.323 e. The molecule has 0 fully saturated rings. The summed E-state index contributed by atoms with van der Waals surface area (Å²) in [6, 6.07) is 8.57. The van der Waals surface area contributed by atoms with Crippen molar-refractivity contribution in [3.05, 3.63) is 59.7 Å². The Morgan fingerprint density at radius 3 is 2.36 bits per heavy atom. The van der Waals surface area contributed by atoms with E-state index in [4.69, 9.17) is 5.73 Å². The highest BCUT2D eigenvalue weighted by molar-refractivity contribution is 6.07. The van der Waals surface area contributed by atoms with Crippen LogP contribution in [0.1, 0.15) is 10.4 Å². The fourth-order valence-corrected chi connectivity index (χ4v) is 1.75. The first kappa shape index (κ1) is 15.6. The Hall–Kier alpha value is -2.80. The molecule has 2 amide bonds. The van der Waals surface area contributed by atoms with E-state index in [1.54, 1.807) is 0 Å². The van der Waals surface area contributed by atoms with Crippen LogP contribution in [0.3, 0.4) is 0 Å². The van der Waals surface area contributed by atoms with Gasteiger partial charge in [0, 0.05) is 5.56 Å². The normalized spacial score (nSPS) is 10.1. The fraction of sp³-hybridized carbons (Fsp3) is 0.0667. The Balaban J connectivity index is 2.25. The minimum Gasteiger partial charge on any atom is -0.323 e. The van der Waals surface area contributed by atoms with E-state index in [1.807, 2.05) is 0 Å². The number of nitrogens with one attached hydrogen (secondary N) is 2. The maximum atomic E-state index is 13.3. The van der Waals surface area contributed by atoms with Gasteiger partial charge in [0.2, 0.25) is 5.91 Å². The summed E-state index contributed by atoms with van der Waals surface area (Å²) >= 11 is 0. The van der Waals surface area contributed by atoms with Crippen LogP contribution in [0.2, 0.25) is 0 Å². The monoisotopic (exact) mass is 305 g/mol. The number of hydrogen-bond donors (Lipinski definition) is 3. The van der Waals surface area contributed by atoms with Gasteiger partial charge in [-0.2, -0.15) is 0 Å². The average Bonchev–Trinajstić information content (AvgIpc) is 2.49. The number of benzene rings is 2. The second kappa shape index (κ2) is 6.77. The Morgan fingerprint density at radius 1 is 0.955 bits per heavy atom. The molecule has 0 aliphatic carbocycles. The summed E-state index contributed by atoms with van der Waals surface area (Å²) in [6.07, 6.45) is 0. The molecular weight excluding hydrogens is 292 g/mol. The highest BCUT2D eigenvalue weighted by Gasteiger charge is 2.12. The number of anilines is 2. The van der Waals surface area contributed by atoms with Crippen molar-refractivity contribution in [2.45, 2.75) is 0 Å². The number of nitrogens with two attached hydrogens (primary N) is 1. The second-order valence-corrected chi connectivity index (χ2v) is 4.41. The van der Waals surface area contributed by atoms with Gasteiger partial charge in [-0.05, 0) is 36.4 Å². The minimum absolute atomic E-state index is 0.0696. The third-order valence-corrected chi connectivity index (χ3v) is 2.78. The molecular formula is C15H13F2N3O2. The molecule has 2 rings (SSSR count). The van der Waals surface area contributed by atoms with Crippen LogP contribution < -0.4 is 16.4 Å². The molecule has 0 saturated heterocycles. The van der Waals surface area contributed by atoms with Crippen molar-refractivity contribution in [2.75, 3.05) is 17.2 Å². The topological polar surface area (TPSA) is 84.2 Å². The quantitative estimate of drug-likeness (QED) is 0.809. The van der Waals surface area contributed by atoms with Gasteiger partial charge in [-0.15, -0.1) is 0 Å². The lowest BCUT2D eigenvalue weighted by atomic mass is 10.2. The first-order valence-electron chi connectivity index (χ1n) is 6.36. The average molecular weight is 305 g/mol. The van der Waals surface area contributed by atoms with Crippen molar-refractivity contribution in [3.8, 4) is 0 Å². The Kier molecular flexibility index (Phi) is 4.80. The molecule has 2 aromatic carbocycles. The number of carbonyl (C=O) groups excluding carboxylic acids is 2. The summed E-state index contributed by atoms with van der Waals surface area (Å²) in [7, 11) is 0. The number of halogens is 2. The molecule has 0 radical (unpaired) electrons. The highest BCUT2D eigenvalue weighted by Crippen LogP contribution is 2.23. The van der Waals surface area contributed by atoms with Crippen LogP contribution in [-0.2, 0) is 4.79 Å².